The zero-order chi connectivity index (χ0) is 94.0. The van der Waals surface area contributed by atoms with Gasteiger partial charge in [0.1, 0.15) is 29.2 Å². The van der Waals surface area contributed by atoms with Crippen LogP contribution in [0.1, 0.15) is 86.1 Å². The van der Waals surface area contributed by atoms with Gasteiger partial charge < -0.3 is 23.4 Å². The summed E-state index contributed by atoms with van der Waals surface area (Å²) in [6.07, 6.45) is 27.8. The highest BCUT2D eigenvalue weighted by atomic mass is 27.3. The van der Waals surface area contributed by atoms with E-state index in [1.807, 2.05) is 218 Å². The lowest BCUT2D eigenvalue weighted by Gasteiger charge is -2.29. The Morgan fingerprint density at radius 2 is 0.713 bits per heavy atom. The van der Waals surface area contributed by atoms with E-state index in [-0.39, 0.29) is 10.8 Å². The fourth-order valence-corrected chi connectivity index (χ4v) is 19.8. The lowest BCUT2D eigenvalue weighted by molar-refractivity contribution is -0.424. The van der Waals surface area contributed by atoms with Gasteiger partial charge >= 0.3 is 30.0 Å². The van der Waals surface area contributed by atoms with Gasteiger partial charge in [0.2, 0.25) is 11.8 Å². The van der Waals surface area contributed by atoms with Gasteiger partial charge in [-0.3, -0.25) is 27.4 Å². The molecule has 2 aromatic heterocycles. The Labute approximate surface area is 806 Å². The van der Waals surface area contributed by atoms with Crippen LogP contribution in [0.3, 0.4) is 0 Å². The van der Waals surface area contributed by atoms with E-state index < -0.39 is 30.0 Å². The third-order valence-corrected chi connectivity index (χ3v) is 27.1. The second-order valence-electron chi connectivity index (χ2n) is 35.4. The molecule has 0 saturated carbocycles. The summed E-state index contributed by atoms with van der Waals surface area (Å²) in [6, 6.07) is 105. The van der Waals surface area contributed by atoms with Crippen molar-refractivity contribution >= 4 is 115 Å². The van der Waals surface area contributed by atoms with Gasteiger partial charge in [0.15, 0.2) is 40.4 Å². The maximum Gasteiger partial charge on any atom is 1.20 e. The average molecular weight is 1810 g/mol. The normalized spacial score (nSPS) is 13.4. The van der Waals surface area contributed by atoms with Crippen LogP contribution in [0, 0.1) is 46.1 Å². The van der Waals surface area contributed by atoms with Crippen LogP contribution in [0.15, 0.2) is 380 Å². The molecule has 6 aliphatic rings. The largest absolute Gasteiger partial charge is 1.20 e. The molecule has 16 nitrogen and oxygen atoms in total. The summed E-state index contributed by atoms with van der Waals surface area (Å²) in [5.74, 6) is 6.24. The number of hydrogen-bond acceptors (Lipinski definition) is 10. The smallest absolute Gasteiger partial charge is 0.611 e. The molecule has 0 unspecified atom stereocenters. The van der Waals surface area contributed by atoms with Gasteiger partial charge in [-0.2, -0.15) is 0 Å². The van der Waals surface area contributed by atoms with E-state index in [0.717, 1.165) is 134 Å². The number of benzene rings is 13. The zero-order valence-corrected chi connectivity index (χ0v) is 79.7. The Hall–Kier alpha value is -16.2. The maximum absolute atomic E-state index is 6.94. The molecule has 1 aliphatic carbocycles. The molecule has 15 aromatic rings. The Balaban J connectivity index is 0.000000122. The van der Waals surface area contributed by atoms with E-state index >= 15 is 0 Å². The minimum absolute atomic E-state index is 0.108. The van der Waals surface area contributed by atoms with Crippen molar-refractivity contribution in [1.29, 1.82) is 0 Å². The first-order chi connectivity index (χ1) is 66.1. The summed E-state index contributed by atoms with van der Waals surface area (Å²) in [4.78, 5) is 0. The predicted molar refractivity (Wildman–Crippen MR) is 554 cm³/mol. The van der Waals surface area contributed by atoms with Gasteiger partial charge in [-0.1, -0.05) is 333 Å². The molecule has 666 valence electrons. The molecule has 0 amide bonds. The molecule has 0 N–H and O–H groups in total. The van der Waals surface area contributed by atoms with E-state index in [0.29, 0.717) is 29.0 Å². The first kappa shape index (κ1) is 90.4. The monoisotopic (exact) mass is 1810 g/mol. The number of nitrogens with zero attached hydrogens (tertiary/aromatic N) is 10. The van der Waals surface area contributed by atoms with Crippen molar-refractivity contribution in [1.82, 2.24) is 25.0 Å². The van der Waals surface area contributed by atoms with Crippen molar-refractivity contribution in [3.63, 3.8) is 0 Å². The highest BCUT2D eigenvalue weighted by Gasteiger charge is 2.49. The van der Waals surface area contributed by atoms with Gasteiger partial charge in [-0.25, -0.2) is 0 Å². The summed E-state index contributed by atoms with van der Waals surface area (Å²) < 4.78 is 51.8. The van der Waals surface area contributed by atoms with Crippen molar-refractivity contribution in [2.45, 2.75) is 66.2 Å². The van der Waals surface area contributed by atoms with Crippen LogP contribution in [0.25, 0.3) is 109 Å². The molecule has 0 fully saturated rings. The number of aryl methyl sites for hydroxylation is 2. The van der Waals surface area contributed by atoms with Crippen molar-refractivity contribution in [3.8, 4) is 108 Å². The summed E-state index contributed by atoms with van der Waals surface area (Å²) in [5.41, 5.74) is 25.7. The molecule has 7 heterocycles. The van der Waals surface area contributed by atoms with Gasteiger partial charge in [0.25, 0.3) is 0 Å². The second kappa shape index (κ2) is 40.1. The second-order valence-corrected chi connectivity index (χ2v) is 38.5. The number of rotatable bonds is 19. The molecular weight excluding hydrogens is 1710 g/mol. The van der Waals surface area contributed by atoms with E-state index in [2.05, 4.69) is 320 Å². The number of aromatic nitrogens is 5. The van der Waals surface area contributed by atoms with E-state index in [1.54, 1.807) is 13.7 Å². The van der Waals surface area contributed by atoms with E-state index in [4.69, 9.17) is 23.4 Å². The molecule has 13 aromatic carbocycles. The minimum atomic E-state index is -2.92. The van der Waals surface area contributed by atoms with Gasteiger partial charge in [0.05, 0.1) is 65.5 Å². The molecular formula is C118H102Al2N10O6. The van der Waals surface area contributed by atoms with Crippen LogP contribution in [0.5, 0.6) is 23.0 Å². The maximum atomic E-state index is 6.94. The quantitative estimate of drug-likeness (QED) is 0.0438. The van der Waals surface area contributed by atoms with E-state index in [1.165, 1.54) is 33.4 Å². The Kier molecular flexibility index (Phi) is 26.6. The van der Waals surface area contributed by atoms with Gasteiger partial charge in [0, 0.05) is 27.9 Å². The van der Waals surface area contributed by atoms with Crippen LogP contribution < -0.4 is 19.6 Å². The van der Waals surface area contributed by atoms with Crippen LogP contribution >= 0.6 is 0 Å². The van der Waals surface area contributed by atoms with Gasteiger partial charge in [-0.15, -0.1) is 62.9 Å². The Morgan fingerprint density at radius 1 is 0.346 bits per heavy atom. The Morgan fingerprint density at radius 3 is 1.14 bits per heavy atom. The lowest BCUT2D eigenvalue weighted by atomic mass is 9.86. The summed E-state index contributed by atoms with van der Waals surface area (Å²) in [6.45, 7) is 46.0. The average Bonchev–Trinajstić information content (AvgIpc) is 1.58. The molecule has 0 spiro atoms. The van der Waals surface area contributed by atoms with Crippen molar-refractivity contribution in [2.24, 2.45) is 0 Å². The fraction of sp³-hybridized carbons (Fsp3) is 0.0847. The fourth-order valence-electron chi connectivity index (χ4n) is 16.7. The molecule has 0 radical (unpaired) electrons. The standard InChI is InChI=1S/C30H27N3.C24H22N2O.C12H9.2C11H11NO.3C10H9NO.2Al/c1-30(2,3)26-20-18-25(19-21-26)29-32-31-28(33(29)27-12-8-5-9-13-27)24-16-14-23(15-17-24)22-10-6-4-7-11-22;1-24(2,3)21-15-13-20(14-16-21)23-26-25-22(27-23)19-11-9-18(10-12-19)17-7-5-4-6-8-17;1-3-7-11(8-4-1)12-9-5-2-6-10-12;2*1-8-5-6-9-4-3-7-12(2)10(9)11(8)13;3*1-11-7-3-5-8-4-2-6-9(12)10(8)11;;/h4-21H,1-3H3;4-16H,1-3H3;1,3-10H;2*3-7,13H,2H2,1H3;3*2-7,12H,1H2;;/q;;;;;;;;+2;+3/p-5. The molecule has 136 heavy (non-hydrogen) atoms. The van der Waals surface area contributed by atoms with E-state index in [9.17, 15) is 0 Å². The first-order valence-corrected chi connectivity index (χ1v) is 48.1. The topological polar surface area (TPSA) is 131 Å². The van der Waals surface area contributed by atoms with Crippen LogP contribution in [0.4, 0.5) is 22.7 Å². The molecule has 0 saturated heterocycles. The van der Waals surface area contributed by atoms with Crippen LogP contribution in [0.2, 0.25) is 0 Å². The first-order valence-electron chi connectivity index (χ1n) is 45.2. The zero-order valence-electron chi connectivity index (χ0n) is 77.4. The number of hydrogen-bond donors (Lipinski definition) is 0. The van der Waals surface area contributed by atoms with Crippen LogP contribution in [-0.4, -0.2) is 111 Å². The molecule has 0 bridgehead atoms. The third-order valence-electron chi connectivity index (χ3n) is 24.0. The van der Waals surface area contributed by atoms with Crippen molar-refractivity contribution < 1.29 is 46.2 Å². The Bertz CT molecular complexity index is 7120. The van der Waals surface area contributed by atoms with Gasteiger partial charge in [-0.05, 0) is 161 Å². The molecule has 18 heteroatoms. The highest BCUT2D eigenvalue weighted by Crippen LogP contribution is 2.45. The molecule has 5 aliphatic heterocycles. The van der Waals surface area contributed by atoms with Crippen molar-refractivity contribution in [2.75, 3.05) is 0 Å². The number of allylic oxidation sites excluding steroid dienone is 4. The number of para-hydroxylation sites is 3. The summed E-state index contributed by atoms with van der Waals surface area (Å²) in [5, 5.41) is 17.7. The minimum Gasteiger partial charge on any atom is -0.611 e. The number of fused-ring (bicyclic) bond motifs is 5. The lowest BCUT2D eigenvalue weighted by Crippen LogP contribution is -2.43. The van der Waals surface area contributed by atoms with Crippen molar-refractivity contribution in [3.05, 3.63) is 452 Å². The highest BCUT2D eigenvalue weighted by molar-refractivity contribution is 6.63. The SMILES string of the molecule is C=[N+]1[CH-]C=Cc2ccc(C)c([O][Al]([O]c3c(C)ccc4c3[N+](=C)[CH-]C=C4)[c]3ccc(-c4ccccc4)cc3)c21.C=[N+]1[CH-]C=Cc2cccc([O][Al]([O]C3=CC=CC4=CC=C[N+](=C)[C-]43)[O]c3cccc4c3[N+](=C)[CH-]C=C4)c21.CC(C)(C)c1ccc(-c2nnc(-c3ccc(-c4ccccc4)cc3)n2-c2ccccc2)cc1.CC(C)(C)c1ccc(-c2nnc(-c3ccc(-c4ccccc4)cc3)o2)cc1. The summed E-state index contributed by atoms with van der Waals surface area (Å²) >= 11 is -5.48. The third kappa shape index (κ3) is 20.2. The molecule has 0 atom stereocenters. The van der Waals surface area contributed by atoms with Crippen LogP contribution in [-0.2, 0) is 14.6 Å². The molecule has 21 rings (SSSR count). The predicted octanol–water partition coefficient (Wildman–Crippen LogP) is 26.2. The summed E-state index contributed by atoms with van der Waals surface area (Å²) in [7, 11) is 0.